The predicted molar refractivity (Wildman–Crippen MR) is 61.3 cm³/mol. The van der Waals surface area contributed by atoms with Crippen LogP contribution in [0.3, 0.4) is 0 Å². The van der Waals surface area contributed by atoms with Gasteiger partial charge in [0.25, 0.3) is 0 Å². The van der Waals surface area contributed by atoms with E-state index in [4.69, 9.17) is 0 Å². The lowest BCUT2D eigenvalue weighted by atomic mass is 10.2. The first-order chi connectivity index (χ1) is 6.20. The Bertz CT molecular complexity index is 102. The van der Waals surface area contributed by atoms with Crippen LogP contribution in [-0.4, -0.2) is 23.7 Å². The first kappa shape index (κ1) is 16.5. The van der Waals surface area contributed by atoms with Gasteiger partial charge in [0.05, 0.1) is 0 Å². The Morgan fingerprint density at radius 2 is 1.29 bits per heavy atom. The molecule has 0 bridgehead atoms. The van der Waals surface area contributed by atoms with Crippen molar-refractivity contribution in [3.05, 3.63) is 0 Å². The molecule has 2 atom stereocenters. The molecule has 0 radical (unpaired) electrons. The van der Waals surface area contributed by atoms with Crippen LogP contribution >= 0.6 is 0 Å². The molecule has 4 heteroatoms. The number of rotatable bonds is 8. The minimum Gasteiger partial charge on any atom is -0.314 e. The van der Waals surface area contributed by atoms with Crippen LogP contribution in [0.2, 0.25) is 0 Å². The molecule has 0 aromatic carbocycles. The summed E-state index contributed by atoms with van der Waals surface area (Å²) in [6.07, 6.45) is 1.10. The third-order valence-electron chi connectivity index (χ3n) is 1.86. The zero-order chi connectivity index (χ0) is 10.1. The SMILES string of the molecule is CCCCC(F)OC(F)CCCC.[SiH4]. The summed E-state index contributed by atoms with van der Waals surface area (Å²) < 4.78 is 30.1. The Labute approximate surface area is 90.2 Å². The van der Waals surface area contributed by atoms with Crippen LogP contribution in [-0.2, 0) is 4.74 Å². The molecule has 2 unspecified atom stereocenters. The van der Waals surface area contributed by atoms with E-state index in [-0.39, 0.29) is 11.0 Å². The monoisotopic (exact) mass is 226 g/mol. The van der Waals surface area contributed by atoms with Crippen LogP contribution in [0.1, 0.15) is 52.4 Å². The van der Waals surface area contributed by atoms with Crippen LogP contribution in [0.4, 0.5) is 8.78 Å². The number of halogens is 2. The summed E-state index contributed by atoms with van der Waals surface area (Å²) in [5.74, 6) is 0. The third kappa shape index (κ3) is 10.1. The van der Waals surface area contributed by atoms with Crippen molar-refractivity contribution in [3.8, 4) is 0 Å². The van der Waals surface area contributed by atoms with E-state index in [2.05, 4.69) is 4.74 Å². The van der Waals surface area contributed by atoms with Crippen LogP contribution in [0.5, 0.6) is 0 Å². The van der Waals surface area contributed by atoms with Crippen molar-refractivity contribution in [3.63, 3.8) is 0 Å². The molecule has 0 saturated heterocycles. The van der Waals surface area contributed by atoms with Gasteiger partial charge in [-0.1, -0.05) is 26.7 Å². The van der Waals surface area contributed by atoms with Gasteiger partial charge in [-0.3, -0.25) is 0 Å². The average molecular weight is 226 g/mol. The van der Waals surface area contributed by atoms with Gasteiger partial charge in [0.2, 0.25) is 12.7 Å². The van der Waals surface area contributed by atoms with E-state index in [0.717, 1.165) is 25.7 Å². The molecule has 0 amide bonds. The highest BCUT2D eigenvalue weighted by atomic mass is 28.1. The molecule has 0 rings (SSSR count). The largest absolute Gasteiger partial charge is 0.314 e. The summed E-state index contributed by atoms with van der Waals surface area (Å²) in [7, 11) is 0. The van der Waals surface area contributed by atoms with Gasteiger partial charge < -0.3 is 4.74 Å². The lowest BCUT2D eigenvalue weighted by Crippen LogP contribution is -2.14. The Balaban J connectivity index is 0. The van der Waals surface area contributed by atoms with Crippen LogP contribution < -0.4 is 0 Å². The Kier molecular flexibility index (Phi) is 13.1. The fourth-order valence-electron chi connectivity index (χ4n) is 1.03. The molecule has 0 aromatic heterocycles. The van der Waals surface area contributed by atoms with E-state index in [1.54, 1.807) is 0 Å². The topological polar surface area (TPSA) is 9.23 Å². The molecule has 0 N–H and O–H groups in total. The van der Waals surface area contributed by atoms with Gasteiger partial charge in [-0.15, -0.1) is 0 Å². The predicted octanol–water partition coefficient (Wildman–Crippen LogP) is 2.52. The number of unbranched alkanes of at least 4 members (excludes halogenated alkanes) is 2. The summed E-state index contributed by atoms with van der Waals surface area (Å²) >= 11 is 0. The van der Waals surface area contributed by atoms with Crippen molar-refractivity contribution in [2.45, 2.75) is 65.1 Å². The zero-order valence-electron chi connectivity index (χ0n) is 8.56. The molecule has 0 aliphatic rings. The fourth-order valence-corrected chi connectivity index (χ4v) is 1.03. The molecule has 14 heavy (non-hydrogen) atoms. The highest BCUT2D eigenvalue weighted by Gasteiger charge is 2.13. The summed E-state index contributed by atoms with van der Waals surface area (Å²) in [4.78, 5) is 0. The minimum absolute atomic E-state index is 0. The quantitative estimate of drug-likeness (QED) is 0.578. The summed E-state index contributed by atoms with van der Waals surface area (Å²) in [5, 5.41) is 0. The van der Waals surface area contributed by atoms with Crippen molar-refractivity contribution >= 4 is 11.0 Å². The van der Waals surface area contributed by atoms with E-state index in [1.165, 1.54) is 0 Å². The normalized spacial score (nSPS) is 14.6. The molecule has 0 aliphatic carbocycles. The lowest BCUT2D eigenvalue weighted by molar-refractivity contribution is -0.145. The smallest absolute Gasteiger partial charge is 0.201 e. The highest BCUT2D eigenvalue weighted by molar-refractivity contribution is 5.75. The maximum atomic E-state index is 12.8. The molecular weight excluding hydrogens is 202 g/mol. The average Bonchev–Trinajstić information content (AvgIpc) is 2.11. The van der Waals surface area contributed by atoms with Gasteiger partial charge in [0.1, 0.15) is 0 Å². The van der Waals surface area contributed by atoms with Gasteiger partial charge in [0, 0.05) is 12.8 Å². The molecule has 0 fully saturated rings. The molecule has 0 aromatic rings. The van der Waals surface area contributed by atoms with Gasteiger partial charge in [-0.05, 0) is 23.8 Å². The van der Waals surface area contributed by atoms with E-state index >= 15 is 0 Å². The molecule has 88 valence electrons. The van der Waals surface area contributed by atoms with E-state index in [1.807, 2.05) is 13.8 Å². The van der Waals surface area contributed by atoms with E-state index in [9.17, 15) is 8.78 Å². The van der Waals surface area contributed by atoms with E-state index < -0.39 is 12.7 Å². The summed E-state index contributed by atoms with van der Waals surface area (Å²) in [6.45, 7) is 3.94. The van der Waals surface area contributed by atoms with Crippen molar-refractivity contribution in [2.24, 2.45) is 0 Å². The standard InChI is InChI=1S/C10H20F2O.H4Si/c1-3-5-7-9(11)13-10(12)8-6-4-2;/h9-10H,3-8H2,1-2H3;1H4. The van der Waals surface area contributed by atoms with Gasteiger partial charge >= 0.3 is 0 Å². The number of hydrogen-bond acceptors (Lipinski definition) is 1. The van der Waals surface area contributed by atoms with Crippen LogP contribution in [0, 0.1) is 0 Å². The first-order valence-electron chi connectivity index (χ1n) is 5.14. The van der Waals surface area contributed by atoms with Crippen LogP contribution in [0.15, 0.2) is 0 Å². The van der Waals surface area contributed by atoms with Crippen molar-refractivity contribution in [1.82, 2.24) is 0 Å². The zero-order valence-corrected chi connectivity index (χ0v) is 8.56. The third-order valence-corrected chi connectivity index (χ3v) is 1.86. The second-order valence-corrected chi connectivity index (χ2v) is 3.24. The van der Waals surface area contributed by atoms with Crippen LogP contribution in [0.25, 0.3) is 0 Å². The van der Waals surface area contributed by atoms with Gasteiger partial charge in [-0.2, -0.15) is 0 Å². The Morgan fingerprint density at radius 1 is 0.929 bits per heavy atom. The lowest BCUT2D eigenvalue weighted by Gasteiger charge is -2.12. The Hall–Kier alpha value is 0.0369. The Morgan fingerprint density at radius 3 is 1.57 bits per heavy atom. The van der Waals surface area contributed by atoms with Crippen molar-refractivity contribution in [1.29, 1.82) is 0 Å². The molecule has 0 heterocycles. The van der Waals surface area contributed by atoms with Crippen molar-refractivity contribution < 1.29 is 13.5 Å². The van der Waals surface area contributed by atoms with Crippen molar-refractivity contribution in [2.75, 3.05) is 0 Å². The van der Waals surface area contributed by atoms with E-state index in [0.29, 0.717) is 12.8 Å². The molecule has 0 aliphatic heterocycles. The second kappa shape index (κ2) is 11.1. The number of alkyl halides is 2. The molecule has 0 saturated carbocycles. The molecule has 0 spiro atoms. The molecule has 1 nitrogen and oxygen atoms in total. The minimum atomic E-state index is -1.42. The summed E-state index contributed by atoms with van der Waals surface area (Å²) in [5.41, 5.74) is 0. The molecular formula is C10H24F2OSi. The second-order valence-electron chi connectivity index (χ2n) is 3.24. The maximum Gasteiger partial charge on any atom is 0.201 e. The van der Waals surface area contributed by atoms with Gasteiger partial charge in [0.15, 0.2) is 0 Å². The summed E-state index contributed by atoms with van der Waals surface area (Å²) in [6, 6.07) is 0. The first-order valence-corrected chi connectivity index (χ1v) is 5.14. The highest BCUT2D eigenvalue weighted by Crippen LogP contribution is 2.13. The fraction of sp³-hybridized carbons (Fsp3) is 1.00. The number of ether oxygens (including phenoxy) is 1. The number of hydrogen-bond donors (Lipinski definition) is 0. The van der Waals surface area contributed by atoms with Gasteiger partial charge in [-0.25, -0.2) is 8.78 Å². The maximum absolute atomic E-state index is 12.8.